The highest BCUT2D eigenvalue weighted by atomic mass is 32.2. The van der Waals surface area contributed by atoms with E-state index in [1.165, 1.54) is 0 Å². The van der Waals surface area contributed by atoms with Gasteiger partial charge in [0.15, 0.2) is 0 Å². The van der Waals surface area contributed by atoms with Crippen LogP contribution >= 0.6 is 11.8 Å². The first-order chi connectivity index (χ1) is 8.06. The largest absolute Gasteiger partial charge is 0.480 e. The van der Waals surface area contributed by atoms with E-state index in [4.69, 9.17) is 5.11 Å². The lowest BCUT2D eigenvalue weighted by Crippen LogP contribution is -2.54. The van der Waals surface area contributed by atoms with Crippen LogP contribution in [0.1, 0.15) is 20.3 Å². The first-order valence-electron chi connectivity index (χ1n) is 5.90. The molecule has 1 aliphatic rings. The van der Waals surface area contributed by atoms with Gasteiger partial charge in [0.05, 0.1) is 6.04 Å². The van der Waals surface area contributed by atoms with Crippen LogP contribution in [0.4, 0.5) is 0 Å². The summed E-state index contributed by atoms with van der Waals surface area (Å²) in [5.41, 5.74) is 0. The number of rotatable bonds is 5. The summed E-state index contributed by atoms with van der Waals surface area (Å²) in [6, 6.07) is -1.05. The van der Waals surface area contributed by atoms with Crippen LogP contribution in [0.3, 0.4) is 0 Å². The van der Waals surface area contributed by atoms with Crippen molar-refractivity contribution in [2.75, 3.05) is 18.1 Å². The fourth-order valence-electron chi connectivity index (χ4n) is 1.67. The van der Waals surface area contributed by atoms with Gasteiger partial charge in [-0.1, -0.05) is 20.3 Å². The molecule has 1 amide bonds. The molecule has 0 aromatic rings. The quantitative estimate of drug-likeness (QED) is 0.663. The van der Waals surface area contributed by atoms with E-state index in [2.05, 4.69) is 10.6 Å². The van der Waals surface area contributed by atoms with E-state index >= 15 is 0 Å². The van der Waals surface area contributed by atoms with Crippen molar-refractivity contribution < 1.29 is 14.7 Å². The lowest BCUT2D eigenvalue weighted by atomic mass is 9.99. The molecule has 1 aliphatic heterocycles. The van der Waals surface area contributed by atoms with Crippen molar-refractivity contribution >= 4 is 23.6 Å². The Balaban J connectivity index is 2.53. The highest BCUT2D eigenvalue weighted by Crippen LogP contribution is 2.11. The van der Waals surface area contributed by atoms with Crippen LogP contribution in [0.2, 0.25) is 0 Å². The van der Waals surface area contributed by atoms with Gasteiger partial charge in [-0.2, -0.15) is 11.8 Å². The average Bonchev–Trinajstić information content (AvgIpc) is 2.35. The number of carbonyl (C=O) groups is 2. The molecule has 0 aliphatic carbocycles. The van der Waals surface area contributed by atoms with E-state index in [1.54, 1.807) is 11.8 Å². The van der Waals surface area contributed by atoms with E-state index < -0.39 is 12.0 Å². The number of thioether (sulfide) groups is 1. The van der Waals surface area contributed by atoms with Crippen molar-refractivity contribution in [3.05, 3.63) is 0 Å². The molecule has 17 heavy (non-hydrogen) atoms. The Morgan fingerprint density at radius 2 is 2.29 bits per heavy atom. The van der Waals surface area contributed by atoms with Crippen molar-refractivity contribution in [3.8, 4) is 0 Å². The zero-order valence-corrected chi connectivity index (χ0v) is 11.0. The Hall–Kier alpha value is -0.750. The zero-order valence-electron chi connectivity index (χ0n) is 10.2. The molecule has 3 unspecified atom stereocenters. The number of nitrogens with one attached hydrogen (secondary N) is 2. The predicted molar refractivity (Wildman–Crippen MR) is 68.1 cm³/mol. The molecule has 0 saturated carbocycles. The molecule has 6 heteroatoms. The summed E-state index contributed by atoms with van der Waals surface area (Å²) >= 11 is 1.71. The van der Waals surface area contributed by atoms with Crippen LogP contribution in [0.25, 0.3) is 0 Å². The van der Waals surface area contributed by atoms with Crippen molar-refractivity contribution in [2.45, 2.75) is 32.4 Å². The fraction of sp³-hybridized carbons (Fsp3) is 0.818. The van der Waals surface area contributed by atoms with Gasteiger partial charge in [0.1, 0.15) is 6.04 Å². The fourth-order valence-corrected chi connectivity index (χ4v) is 2.60. The third-order valence-corrected chi connectivity index (χ3v) is 4.08. The van der Waals surface area contributed by atoms with Gasteiger partial charge in [-0.15, -0.1) is 0 Å². The number of hydrogen-bond donors (Lipinski definition) is 3. The van der Waals surface area contributed by atoms with Gasteiger partial charge in [0, 0.05) is 18.1 Å². The lowest BCUT2D eigenvalue weighted by Gasteiger charge is -2.26. The number of carboxylic acids is 1. The molecular weight excluding hydrogens is 240 g/mol. The third-order valence-electron chi connectivity index (χ3n) is 3.01. The summed E-state index contributed by atoms with van der Waals surface area (Å²) in [7, 11) is 0. The Morgan fingerprint density at radius 1 is 1.59 bits per heavy atom. The van der Waals surface area contributed by atoms with Crippen molar-refractivity contribution in [1.29, 1.82) is 0 Å². The third kappa shape index (κ3) is 4.20. The van der Waals surface area contributed by atoms with Gasteiger partial charge in [0.25, 0.3) is 0 Å². The predicted octanol–water partition coefficient (Wildman–Crippen LogP) is 0.307. The second-order valence-electron chi connectivity index (χ2n) is 4.29. The molecule has 1 heterocycles. The Kier molecular flexibility index (Phi) is 5.77. The number of hydrogen-bond acceptors (Lipinski definition) is 4. The van der Waals surface area contributed by atoms with Crippen LogP contribution in [0.15, 0.2) is 0 Å². The van der Waals surface area contributed by atoms with E-state index in [-0.39, 0.29) is 17.9 Å². The summed E-state index contributed by atoms with van der Waals surface area (Å²) in [5, 5.41) is 14.8. The topological polar surface area (TPSA) is 78.4 Å². The standard InChI is InChI=1S/C11H20N2O3S/c1-3-7(2)9(11(15)16)13-10(14)8-6-17-5-4-12-8/h7-9,12H,3-6H2,1-2H3,(H,13,14)(H,15,16). The highest BCUT2D eigenvalue weighted by molar-refractivity contribution is 7.99. The van der Waals surface area contributed by atoms with E-state index in [0.717, 1.165) is 18.7 Å². The molecule has 1 rings (SSSR count). The van der Waals surface area contributed by atoms with Crippen molar-refractivity contribution in [1.82, 2.24) is 10.6 Å². The smallest absolute Gasteiger partial charge is 0.326 e. The normalized spacial score (nSPS) is 23.8. The van der Waals surface area contributed by atoms with Crippen LogP contribution in [-0.4, -0.2) is 47.1 Å². The second-order valence-corrected chi connectivity index (χ2v) is 5.44. The molecule has 0 radical (unpaired) electrons. The lowest BCUT2D eigenvalue weighted by molar-refractivity contribution is -0.143. The molecule has 0 bridgehead atoms. The van der Waals surface area contributed by atoms with Crippen LogP contribution < -0.4 is 10.6 Å². The summed E-state index contributed by atoms with van der Waals surface area (Å²) < 4.78 is 0. The molecular formula is C11H20N2O3S. The summed E-state index contributed by atoms with van der Waals surface area (Å²) in [4.78, 5) is 23.0. The van der Waals surface area contributed by atoms with Crippen LogP contribution in [-0.2, 0) is 9.59 Å². The van der Waals surface area contributed by atoms with Crippen LogP contribution in [0, 0.1) is 5.92 Å². The maximum atomic E-state index is 11.9. The first kappa shape index (κ1) is 14.3. The van der Waals surface area contributed by atoms with Gasteiger partial charge in [-0.05, 0) is 5.92 Å². The maximum Gasteiger partial charge on any atom is 0.326 e. The van der Waals surface area contributed by atoms with Crippen LogP contribution in [0.5, 0.6) is 0 Å². The highest BCUT2D eigenvalue weighted by Gasteiger charge is 2.29. The number of aliphatic carboxylic acids is 1. The minimum Gasteiger partial charge on any atom is -0.480 e. The molecule has 3 N–H and O–H groups in total. The summed E-state index contributed by atoms with van der Waals surface area (Å²) in [6.07, 6.45) is 0.726. The van der Waals surface area contributed by atoms with Gasteiger partial charge < -0.3 is 15.7 Å². The minimum atomic E-state index is -0.962. The van der Waals surface area contributed by atoms with E-state index in [1.807, 2.05) is 13.8 Å². The monoisotopic (exact) mass is 260 g/mol. The van der Waals surface area contributed by atoms with Gasteiger partial charge in [-0.25, -0.2) is 4.79 Å². The molecule has 5 nitrogen and oxygen atoms in total. The molecule has 0 aromatic carbocycles. The Bertz CT molecular complexity index is 280. The number of carboxylic acid groups (broad SMARTS) is 1. The van der Waals surface area contributed by atoms with Crippen molar-refractivity contribution in [2.24, 2.45) is 5.92 Å². The van der Waals surface area contributed by atoms with Crippen molar-refractivity contribution in [3.63, 3.8) is 0 Å². The molecule has 1 fully saturated rings. The van der Waals surface area contributed by atoms with Gasteiger partial charge >= 0.3 is 5.97 Å². The summed E-state index contributed by atoms with van der Waals surface area (Å²) in [6.45, 7) is 4.55. The molecule has 98 valence electrons. The summed E-state index contributed by atoms with van der Waals surface area (Å²) in [5.74, 6) is 0.477. The Morgan fingerprint density at radius 3 is 2.76 bits per heavy atom. The van der Waals surface area contributed by atoms with Gasteiger partial charge in [-0.3, -0.25) is 4.79 Å². The minimum absolute atomic E-state index is 0.0623. The Labute approximate surface area is 106 Å². The maximum absolute atomic E-state index is 11.9. The molecule has 3 atom stereocenters. The SMILES string of the molecule is CCC(C)C(NC(=O)C1CSCCN1)C(=O)O. The van der Waals surface area contributed by atoms with E-state index in [0.29, 0.717) is 5.75 Å². The zero-order chi connectivity index (χ0) is 12.8. The number of carbonyl (C=O) groups excluding carboxylic acids is 1. The molecule has 0 spiro atoms. The van der Waals surface area contributed by atoms with E-state index in [9.17, 15) is 9.59 Å². The first-order valence-corrected chi connectivity index (χ1v) is 7.06. The van der Waals surface area contributed by atoms with Gasteiger partial charge in [0.2, 0.25) is 5.91 Å². The molecule has 0 aromatic heterocycles. The second kappa shape index (κ2) is 6.86. The molecule has 1 saturated heterocycles. The number of amides is 1. The average molecular weight is 260 g/mol.